The topological polar surface area (TPSA) is 87.1 Å². The highest BCUT2D eigenvalue weighted by Gasteiger charge is 2.35. The second kappa shape index (κ2) is 12.5. The molecule has 2 aromatic carbocycles. The molecule has 0 bridgehead atoms. The van der Waals surface area contributed by atoms with Gasteiger partial charge in [0.15, 0.2) is 0 Å². The Kier molecular flexibility index (Phi) is 10.4. The molecule has 2 aromatic rings. The quantitative estimate of drug-likeness (QED) is 0.603. The molecule has 0 radical (unpaired) electrons. The maximum Gasteiger partial charge on any atom is 0.416 e. The zero-order valence-corrected chi connectivity index (χ0v) is 17.0. The van der Waals surface area contributed by atoms with Crippen molar-refractivity contribution in [1.29, 1.82) is 0 Å². The van der Waals surface area contributed by atoms with Gasteiger partial charge in [0, 0.05) is 18.7 Å². The monoisotopic (exact) mass is 439 g/mol. The molecular weight excluding hydrogens is 415 g/mol. The summed E-state index contributed by atoms with van der Waals surface area (Å²) in [5, 5.41) is 15.6. The number of carbonyl (C=O) groups is 2. The fourth-order valence-electron chi connectivity index (χ4n) is 2.47. The Labute approximate surface area is 178 Å². The predicted molar refractivity (Wildman–Crippen MR) is 109 cm³/mol. The number of hydrogen-bond donors (Lipinski definition) is 2. The Bertz CT molecular complexity index is 851. The van der Waals surface area contributed by atoms with Gasteiger partial charge in [-0.25, -0.2) is 9.59 Å². The Hall–Kier alpha value is -3.17. The summed E-state index contributed by atoms with van der Waals surface area (Å²) >= 11 is 0. The molecule has 0 fully saturated rings. The van der Waals surface area contributed by atoms with Crippen molar-refractivity contribution in [2.24, 2.45) is 0 Å². The summed E-state index contributed by atoms with van der Waals surface area (Å²) in [7, 11) is 3.79. The van der Waals surface area contributed by atoms with Crippen LogP contribution in [0.25, 0.3) is 0 Å². The van der Waals surface area contributed by atoms with E-state index in [1.807, 2.05) is 25.1 Å². The standard InChI is InChI=1S/C18H20F3NO.C4H4O4/c1-22(2)12-13-23-17(14-8-4-3-5-9-14)15-10-6-7-11-16(15)18(19,20)21;5-3(6)1-2-4(7)8/h3-11,17H,12-13H2,1-2H3;1-2H,(H,5,6)(H,7,8)/b;2-1+. The lowest BCUT2D eigenvalue weighted by Crippen LogP contribution is -2.21. The van der Waals surface area contributed by atoms with E-state index in [0.29, 0.717) is 30.9 Å². The highest BCUT2D eigenvalue weighted by molar-refractivity contribution is 5.89. The number of likely N-dealkylation sites (N-methyl/N-ethyl adjacent to an activating group) is 1. The van der Waals surface area contributed by atoms with Crippen molar-refractivity contribution in [3.63, 3.8) is 0 Å². The third-order valence-electron chi connectivity index (χ3n) is 3.84. The average molecular weight is 439 g/mol. The molecule has 0 saturated carbocycles. The summed E-state index contributed by atoms with van der Waals surface area (Å²) in [5.41, 5.74) is 0.201. The van der Waals surface area contributed by atoms with Gasteiger partial charge in [-0.15, -0.1) is 0 Å². The van der Waals surface area contributed by atoms with Crippen molar-refractivity contribution in [3.05, 3.63) is 83.4 Å². The van der Waals surface area contributed by atoms with Crippen LogP contribution in [0.1, 0.15) is 22.8 Å². The SMILES string of the molecule is CN(C)CCOC(c1ccccc1)c1ccccc1C(F)(F)F.O=C(O)/C=C/C(=O)O. The molecule has 0 aliphatic rings. The van der Waals surface area contributed by atoms with Crippen molar-refractivity contribution in [1.82, 2.24) is 4.90 Å². The van der Waals surface area contributed by atoms with E-state index in [1.165, 1.54) is 12.1 Å². The van der Waals surface area contributed by atoms with Crippen LogP contribution in [-0.4, -0.2) is 54.3 Å². The number of aliphatic carboxylic acids is 2. The second-order valence-electron chi connectivity index (χ2n) is 6.56. The predicted octanol–water partition coefficient (Wildman–Crippen LogP) is 4.08. The second-order valence-corrected chi connectivity index (χ2v) is 6.56. The smallest absolute Gasteiger partial charge is 0.416 e. The number of benzene rings is 2. The van der Waals surface area contributed by atoms with Crippen LogP contribution < -0.4 is 0 Å². The molecule has 0 heterocycles. The van der Waals surface area contributed by atoms with E-state index in [9.17, 15) is 22.8 Å². The molecule has 0 spiro atoms. The zero-order chi connectivity index (χ0) is 23.4. The van der Waals surface area contributed by atoms with Crippen molar-refractivity contribution in [2.75, 3.05) is 27.2 Å². The number of ether oxygens (including phenoxy) is 1. The van der Waals surface area contributed by atoms with Gasteiger partial charge in [-0.3, -0.25) is 0 Å². The highest BCUT2D eigenvalue weighted by atomic mass is 19.4. The zero-order valence-electron chi connectivity index (χ0n) is 17.0. The van der Waals surface area contributed by atoms with E-state index < -0.39 is 29.8 Å². The highest BCUT2D eigenvalue weighted by Crippen LogP contribution is 2.37. The van der Waals surface area contributed by atoms with Crippen LogP contribution in [0.2, 0.25) is 0 Å². The van der Waals surface area contributed by atoms with Crippen LogP contribution >= 0.6 is 0 Å². The number of carboxylic acids is 2. The minimum Gasteiger partial charge on any atom is -0.478 e. The summed E-state index contributed by atoms with van der Waals surface area (Å²) in [4.78, 5) is 21.0. The van der Waals surface area contributed by atoms with E-state index in [-0.39, 0.29) is 5.56 Å². The van der Waals surface area contributed by atoms with Crippen LogP contribution in [0.5, 0.6) is 0 Å². The van der Waals surface area contributed by atoms with Crippen molar-refractivity contribution in [2.45, 2.75) is 12.3 Å². The summed E-state index contributed by atoms with van der Waals surface area (Å²) in [6.07, 6.45) is -4.03. The molecule has 168 valence electrons. The molecule has 0 amide bonds. The van der Waals surface area contributed by atoms with Gasteiger partial charge in [-0.05, 0) is 31.3 Å². The average Bonchev–Trinajstić information content (AvgIpc) is 2.70. The van der Waals surface area contributed by atoms with Crippen molar-refractivity contribution in [3.8, 4) is 0 Å². The Morgan fingerprint density at radius 2 is 1.48 bits per heavy atom. The largest absolute Gasteiger partial charge is 0.478 e. The van der Waals surface area contributed by atoms with Crippen molar-refractivity contribution < 1.29 is 37.7 Å². The van der Waals surface area contributed by atoms with E-state index in [2.05, 4.69) is 0 Å². The van der Waals surface area contributed by atoms with Gasteiger partial charge in [0.25, 0.3) is 0 Å². The van der Waals surface area contributed by atoms with E-state index in [4.69, 9.17) is 14.9 Å². The molecule has 2 N–H and O–H groups in total. The number of alkyl halides is 3. The Morgan fingerprint density at radius 3 is 1.97 bits per heavy atom. The van der Waals surface area contributed by atoms with Gasteiger partial charge in [-0.2, -0.15) is 13.2 Å². The molecule has 9 heteroatoms. The summed E-state index contributed by atoms with van der Waals surface area (Å²) in [6.45, 7) is 0.982. The molecule has 1 atom stereocenters. The minimum atomic E-state index is -4.41. The molecule has 2 rings (SSSR count). The first-order valence-corrected chi connectivity index (χ1v) is 9.13. The van der Waals surface area contributed by atoms with Crippen LogP contribution in [0.15, 0.2) is 66.7 Å². The first-order chi connectivity index (χ1) is 14.5. The first kappa shape index (κ1) is 25.9. The fraction of sp³-hybridized carbons (Fsp3) is 0.273. The Morgan fingerprint density at radius 1 is 0.968 bits per heavy atom. The van der Waals surface area contributed by atoms with Gasteiger partial charge < -0.3 is 19.8 Å². The van der Waals surface area contributed by atoms with Gasteiger partial charge in [0.05, 0.1) is 12.2 Å². The number of rotatable bonds is 8. The van der Waals surface area contributed by atoms with Gasteiger partial charge >= 0.3 is 18.1 Å². The lowest BCUT2D eigenvalue weighted by Gasteiger charge is -2.23. The number of halogens is 3. The summed E-state index contributed by atoms with van der Waals surface area (Å²) in [5.74, 6) is -2.51. The van der Waals surface area contributed by atoms with Crippen molar-refractivity contribution >= 4 is 11.9 Å². The third kappa shape index (κ3) is 9.92. The molecular formula is C22H24F3NO5. The lowest BCUT2D eigenvalue weighted by atomic mass is 9.96. The molecule has 6 nitrogen and oxygen atoms in total. The first-order valence-electron chi connectivity index (χ1n) is 9.13. The maximum atomic E-state index is 13.3. The van der Waals surface area contributed by atoms with Crippen LogP contribution in [0, 0.1) is 0 Å². The Balaban J connectivity index is 0.000000512. The summed E-state index contributed by atoms with van der Waals surface area (Å²) < 4.78 is 45.8. The van der Waals surface area contributed by atoms with Crippen LogP contribution in [0.3, 0.4) is 0 Å². The molecule has 0 saturated heterocycles. The van der Waals surface area contributed by atoms with Crippen LogP contribution in [0.4, 0.5) is 13.2 Å². The van der Waals surface area contributed by atoms with E-state index >= 15 is 0 Å². The number of nitrogens with zero attached hydrogens (tertiary/aromatic N) is 1. The maximum absolute atomic E-state index is 13.3. The van der Waals surface area contributed by atoms with Gasteiger partial charge in [0.1, 0.15) is 6.10 Å². The lowest BCUT2D eigenvalue weighted by molar-refractivity contribution is -0.139. The number of carboxylic acid groups (broad SMARTS) is 2. The molecule has 0 aliphatic carbocycles. The minimum absolute atomic E-state index is 0.143. The summed E-state index contributed by atoms with van der Waals surface area (Å²) in [6, 6.07) is 14.6. The van der Waals surface area contributed by atoms with Gasteiger partial charge in [-0.1, -0.05) is 48.5 Å². The third-order valence-corrected chi connectivity index (χ3v) is 3.84. The fourth-order valence-corrected chi connectivity index (χ4v) is 2.47. The van der Waals surface area contributed by atoms with E-state index in [1.54, 1.807) is 30.3 Å². The van der Waals surface area contributed by atoms with E-state index in [0.717, 1.165) is 6.07 Å². The molecule has 31 heavy (non-hydrogen) atoms. The molecule has 0 aliphatic heterocycles. The molecule has 0 aromatic heterocycles. The molecule has 1 unspecified atom stereocenters. The normalized spacial score (nSPS) is 12.3. The van der Waals surface area contributed by atoms with Gasteiger partial charge in [0.2, 0.25) is 0 Å². The van der Waals surface area contributed by atoms with Crippen LogP contribution in [-0.2, 0) is 20.5 Å². The number of hydrogen-bond acceptors (Lipinski definition) is 4.